The van der Waals surface area contributed by atoms with Crippen LogP contribution in [0.4, 0.5) is 0 Å². The fourth-order valence-electron chi connectivity index (χ4n) is 12.2. The average Bonchev–Trinajstić information content (AvgIpc) is 4.25. The van der Waals surface area contributed by atoms with Crippen molar-refractivity contribution in [1.82, 2.24) is 9.97 Å². The van der Waals surface area contributed by atoms with Crippen LogP contribution in [-0.2, 0) is 5.41 Å². The van der Waals surface area contributed by atoms with Gasteiger partial charge in [0.05, 0.1) is 16.8 Å². The highest BCUT2D eigenvalue weighted by molar-refractivity contribution is 6.13. The second kappa shape index (κ2) is 16.7. The normalized spacial score (nSPS) is 12.7. The Kier molecular flexibility index (Phi) is 9.48. The van der Waals surface area contributed by atoms with E-state index in [-0.39, 0.29) is 5.41 Å². The fraction of sp³-hybridized carbons (Fsp3) is 0.0141. The van der Waals surface area contributed by atoms with Crippen LogP contribution in [0.2, 0.25) is 0 Å². The lowest BCUT2D eigenvalue weighted by Gasteiger charge is -2.30. The molecule has 2 aliphatic rings. The average molecular weight is 941 g/mol. The molecule has 0 unspecified atom stereocenters. The van der Waals surface area contributed by atoms with Gasteiger partial charge in [0.2, 0.25) is 0 Å². The van der Waals surface area contributed by atoms with E-state index in [0.717, 1.165) is 83.4 Å². The molecule has 0 N–H and O–H groups in total. The van der Waals surface area contributed by atoms with Gasteiger partial charge in [-0.15, -0.1) is 0 Å². The molecule has 74 heavy (non-hydrogen) atoms. The van der Waals surface area contributed by atoms with Gasteiger partial charge in [0.25, 0.3) is 0 Å². The number of aromatic nitrogens is 2. The van der Waals surface area contributed by atoms with Crippen molar-refractivity contribution in [2.45, 2.75) is 5.41 Å². The Labute approximate surface area is 429 Å². The lowest BCUT2D eigenvalue weighted by atomic mass is 9.70. The molecule has 15 rings (SSSR count). The number of fused-ring (bicyclic) bond motifs is 13. The molecule has 0 radical (unpaired) electrons. The van der Waals surface area contributed by atoms with Crippen LogP contribution in [-0.4, -0.2) is 9.97 Å². The third-order valence-corrected chi connectivity index (χ3v) is 15.6. The summed E-state index contributed by atoms with van der Waals surface area (Å²) < 4.78 is 6.65. The second-order valence-corrected chi connectivity index (χ2v) is 19.5. The van der Waals surface area contributed by atoms with Gasteiger partial charge in [0.15, 0.2) is 5.82 Å². The molecule has 0 amide bonds. The van der Waals surface area contributed by atoms with E-state index in [1.807, 2.05) is 0 Å². The Hall–Kier alpha value is -9.70. The minimum Gasteiger partial charge on any atom is -0.456 e. The third kappa shape index (κ3) is 6.46. The quantitative estimate of drug-likeness (QED) is 0.160. The summed E-state index contributed by atoms with van der Waals surface area (Å²) >= 11 is 0. The van der Waals surface area contributed by atoms with Crippen LogP contribution in [0.5, 0.6) is 0 Å². The summed E-state index contributed by atoms with van der Waals surface area (Å²) in [5.41, 5.74) is 25.6. The van der Waals surface area contributed by atoms with Crippen molar-refractivity contribution < 1.29 is 4.42 Å². The summed E-state index contributed by atoms with van der Waals surface area (Å²) in [6.07, 6.45) is 0. The van der Waals surface area contributed by atoms with Crippen molar-refractivity contribution in [2.75, 3.05) is 0 Å². The number of hydrogen-bond donors (Lipinski definition) is 0. The predicted octanol–water partition coefficient (Wildman–Crippen LogP) is 18.4. The largest absolute Gasteiger partial charge is 0.456 e. The number of benzene rings is 11. The van der Waals surface area contributed by atoms with Gasteiger partial charge in [0.1, 0.15) is 11.2 Å². The summed E-state index contributed by atoms with van der Waals surface area (Å²) in [7, 11) is 0. The Balaban J connectivity index is 0.840. The monoisotopic (exact) mass is 940 g/mol. The van der Waals surface area contributed by atoms with Gasteiger partial charge in [-0.05, 0) is 125 Å². The zero-order valence-corrected chi connectivity index (χ0v) is 40.2. The standard InChI is InChI=1S/C71H44N2O/c1-3-17-45(18-4-1)49-21-15-22-52(41-49)65-44-66(73-70(72-65)58-27-8-7-23-53(58)48-19-5-2-6-20-48)59-28-16-32-68-69(59)60-42-50(38-40-67(60)74-68)46-33-35-47(36-34-46)51-37-39-57-56-26-11-14-31-63(56)71(64(57)43-51)61-29-12-9-24-54(61)55-25-10-13-30-62(55)71/h1-44H. The van der Waals surface area contributed by atoms with Gasteiger partial charge in [-0.1, -0.05) is 231 Å². The molecule has 0 aliphatic heterocycles. The Morgan fingerprint density at radius 1 is 0.257 bits per heavy atom. The van der Waals surface area contributed by atoms with E-state index in [0.29, 0.717) is 5.82 Å². The van der Waals surface area contributed by atoms with Crippen molar-refractivity contribution in [3.05, 3.63) is 289 Å². The summed E-state index contributed by atoms with van der Waals surface area (Å²) in [5.74, 6) is 0.661. The fourth-order valence-corrected chi connectivity index (χ4v) is 12.2. The minimum absolute atomic E-state index is 0.383. The molecule has 2 heterocycles. The van der Waals surface area contributed by atoms with Crippen molar-refractivity contribution in [3.8, 4) is 101 Å². The molecular formula is C71H44N2O. The van der Waals surface area contributed by atoms with Gasteiger partial charge >= 0.3 is 0 Å². The molecule has 2 aliphatic carbocycles. The first-order valence-corrected chi connectivity index (χ1v) is 25.4. The van der Waals surface area contributed by atoms with Crippen molar-refractivity contribution in [2.24, 2.45) is 0 Å². The van der Waals surface area contributed by atoms with E-state index >= 15 is 0 Å². The summed E-state index contributed by atoms with van der Waals surface area (Å²) in [6.45, 7) is 0. The number of hydrogen-bond acceptors (Lipinski definition) is 3. The molecule has 344 valence electrons. The molecule has 0 atom stereocenters. The third-order valence-electron chi connectivity index (χ3n) is 15.6. The van der Waals surface area contributed by atoms with Crippen LogP contribution in [0.25, 0.3) is 123 Å². The lowest BCUT2D eigenvalue weighted by molar-refractivity contribution is 0.669. The SMILES string of the molecule is c1ccc(-c2cccc(-c3cc(-c4cccc5oc6ccc(-c7ccc(-c8ccc9c(c8)C8(c%10ccccc%10-c%10ccccc%108)c8ccccc8-9)cc7)cc6c45)nc(-c4ccccc4-c4ccccc4)n3)c2)cc1. The molecule has 0 fully saturated rings. The van der Waals surface area contributed by atoms with Gasteiger partial charge in [-0.3, -0.25) is 0 Å². The predicted molar refractivity (Wildman–Crippen MR) is 304 cm³/mol. The highest BCUT2D eigenvalue weighted by Gasteiger charge is 2.51. The van der Waals surface area contributed by atoms with Gasteiger partial charge in [-0.25, -0.2) is 9.97 Å². The molecule has 2 aromatic heterocycles. The Morgan fingerprint density at radius 3 is 1.39 bits per heavy atom. The molecule has 13 aromatic rings. The minimum atomic E-state index is -0.383. The molecule has 11 aromatic carbocycles. The van der Waals surface area contributed by atoms with E-state index in [4.69, 9.17) is 14.4 Å². The first-order chi connectivity index (χ1) is 36.7. The molecule has 0 bridgehead atoms. The van der Waals surface area contributed by atoms with Crippen LogP contribution in [0.1, 0.15) is 22.3 Å². The van der Waals surface area contributed by atoms with Gasteiger partial charge < -0.3 is 4.42 Å². The maximum absolute atomic E-state index is 6.65. The topological polar surface area (TPSA) is 38.9 Å². The second-order valence-electron chi connectivity index (χ2n) is 19.5. The Bertz CT molecular complexity index is 4300. The molecule has 0 saturated carbocycles. The maximum Gasteiger partial charge on any atom is 0.161 e. The van der Waals surface area contributed by atoms with Crippen LogP contribution < -0.4 is 0 Å². The molecule has 3 heteroatoms. The summed E-state index contributed by atoms with van der Waals surface area (Å²) in [5, 5.41) is 2.06. The van der Waals surface area contributed by atoms with E-state index < -0.39 is 0 Å². The van der Waals surface area contributed by atoms with Crippen LogP contribution in [0.15, 0.2) is 271 Å². The van der Waals surface area contributed by atoms with Crippen LogP contribution in [0, 0.1) is 0 Å². The number of rotatable bonds is 7. The van der Waals surface area contributed by atoms with Gasteiger partial charge in [0, 0.05) is 27.5 Å². The Morgan fingerprint density at radius 2 is 0.716 bits per heavy atom. The number of nitrogens with zero attached hydrogens (tertiary/aromatic N) is 2. The molecular weight excluding hydrogens is 897 g/mol. The molecule has 1 spiro atoms. The maximum atomic E-state index is 6.65. The number of furan rings is 1. The first kappa shape index (κ1) is 42.0. The highest BCUT2D eigenvalue weighted by Crippen LogP contribution is 2.63. The van der Waals surface area contributed by atoms with Crippen molar-refractivity contribution in [3.63, 3.8) is 0 Å². The summed E-state index contributed by atoms with van der Waals surface area (Å²) in [4.78, 5) is 10.8. The highest BCUT2D eigenvalue weighted by atomic mass is 16.3. The van der Waals surface area contributed by atoms with E-state index in [9.17, 15) is 0 Å². The van der Waals surface area contributed by atoms with E-state index in [2.05, 4.69) is 267 Å². The van der Waals surface area contributed by atoms with Crippen molar-refractivity contribution in [1.29, 1.82) is 0 Å². The van der Waals surface area contributed by atoms with Crippen LogP contribution >= 0.6 is 0 Å². The van der Waals surface area contributed by atoms with Crippen LogP contribution in [0.3, 0.4) is 0 Å². The summed E-state index contributed by atoms with van der Waals surface area (Å²) in [6, 6.07) is 96.3. The smallest absolute Gasteiger partial charge is 0.161 e. The zero-order chi connectivity index (χ0) is 48.7. The molecule has 3 nitrogen and oxygen atoms in total. The first-order valence-electron chi connectivity index (χ1n) is 25.4. The van der Waals surface area contributed by atoms with Crippen molar-refractivity contribution >= 4 is 21.9 Å². The van der Waals surface area contributed by atoms with E-state index in [1.54, 1.807) is 0 Å². The lowest BCUT2D eigenvalue weighted by Crippen LogP contribution is -2.25. The van der Waals surface area contributed by atoms with Gasteiger partial charge in [-0.2, -0.15) is 0 Å². The zero-order valence-electron chi connectivity index (χ0n) is 40.2. The molecule has 0 saturated heterocycles. The van der Waals surface area contributed by atoms with E-state index in [1.165, 1.54) is 55.6 Å².